The summed E-state index contributed by atoms with van der Waals surface area (Å²) in [7, 11) is 0. The lowest BCUT2D eigenvalue weighted by Crippen LogP contribution is -2.40. The average molecular weight is 340 g/mol. The number of fused-ring (bicyclic) bond motifs is 1. The number of aliphatic hydroxyl groups is 1. The van der Waals surface area contributed by atoms with Gasteiger partial charge in [-0.2, -0.15) is 0 Å². The highest BCUT2D eigenvalue weighted by molar-refractivity contribution is 5.89. The molecular weight excluding hydrogens is 319 g/mol. The minimum absolute atomic E-state index is 0.133. The molecule has 0 aliphatic carbocycles. The van der Waals surface area contributed by atoms with Gasteiger partial charge in [-0.05, 0) is 48.2 Å². The van der Waals surface area contributed by atoms with Crippen molar-refractivity contribution in [3.8, 4) is 0 Å². The highest BCUT2D eigenvalue weighted by atomic mass is 19.1. The van der Waals surface area contributed by atoms with Gasteiger partial charge in [0.05, 0.1) is 19.1 Å². The van der Waals surface area contributed by atoms with Crippen LogP contribution >= 0.6 is 0 Å². The van der Waals surface area contributed by atoms with Crippen LogP contribution in [0.2, 0.25) is 0 Å². The van der Waals surface area contributed by atoms with E-state index < -0.39 is 0 Å². The molecule has 0 fully saturated rings. The summed E-state index contributed by atoms with van der Waals surface area (Å²) in [5.41, 5.74) is 3.75. The summed E-state index contributed by atoms with van der Waals surface area (Å²) < 4.78 is 13.4. The predicted octanol–water partition coefficient (Wildman–Crippen LogP) is 2.88. The molecule has 1 atom stereocenters. The zero-order valence-corrected chi connectivity index (χ0v) is 14.1. The largest absolute Gasteiger partial charge is 0.394 e. The van der Waals surface area contributed by atoms with Gasteiger partial charge in [-0.25, -0.2) is 4.39 Å². The molecule has 0 unspecified atom stereocenters. The summed E-state index contributed by atoms with van der Waals surface area (Å²) in [4.78, 5) is 15.4. The van der Waals surface area contributed by atoms with Gasteiger partial charge in [0.1, 0.15) is 5.82 Å². The third-order valence-corrected chi connectivity index (χ3v) is 4.39. The van der Waals surface area contributed by atoms with Crippen molar-refractivity contribution in [2.45, 2.75) is 25.8 Å². The van der Waals surface area contributed by atoms with E-state index in [-0.39, 0.29) is 30.8 Å². The van der Waals surface area contributed by atoms with E-state index in [1.807, 2.05) is 31.2 Å². The van der Waals surface area contributed by atoms with Crippen LogP contribution in [-0.4, -0.2) is 28.6 Å². The number of aromatic amines is 1. The van der Waals surface area contributed by atoms with Crippen LogP contribution in [0.3, 0.4) is 0 Å². The number of hydrogen-bond donors (Lipinski definition) is 3. The summed E-state index contributed by atoms with van der Waals surface area (Å²) in [5.74, 6) is -0.528. The van der Waals surface area contributed by atoms with Gasteiger partial charge in [-0.1, -0.05) is 24.3 Å². The minimum atomic E-state index is -0.351. The molecule has 0 aliphatic heterocycles. The van der Waals surface area contributed by atoms with E-state index in [1.54, 1.807) is 12.3 Å². The first-order chi connectivity index (χ1) is 12.1. The molecule has 2 aromatic carbocycles. The van der Waals surface area contributed by atoms with Crippen LogP contribution in [0.1, 0.15) is 16.7 Å². The van der Waals surface area contributed by atoms with E-state index >= 15 is 0 Å². The second-order valence-electron chi connectivity index (χ2n) is 6.26. The van der Waals surface area contributed by atoms with Crippen LogP contribution in [0, 0.1) is 12.7 Å². The van der Waals surface area contributed by atoms with Gasteiger partial charge in [-0.15, -0.1) is 0 Å². The Morgan fingerprint density at radius 3 is 2.80 bits per heavy atom. The summed E-state index contributed by atoms with van der Waals surface area (Å²) >= 11 is 0. The number of amides is 1. The summed E-state index contributed by atoms with van der Waals surface area (Å²) in [6.45, 7) is 1.87. The van der Waals surface area contributed by atoms with Crippen molar-refractivity contribution < 1.29 is 14.3 Å². The van der Waals surface area contributed by atoms with E-state index in [9.17, 15) is 14.3 Å². The van der Waals surface area contributed by atoms with Gasteiger partial charge < -0.3 is 15.4 Å². The zero-order valence-electron chi connectivity index (χ0n) is 14.1. The molecule has 0 bridgehead atoms. The minimum Gasteiger partial charge on any atom is -0.394 e. The van der Waals surface area contributed by atoms with Crippen LogP contribution in [-0.2, 0) is 17.6 Å². The number of benzene rings is 2. The maximum absolute atomic E-state index is 13.4. The van der Waals surface area contributed by atoms with Crippen molar-refractivity contribution in [3.63, 3.8) is 0 Å². The molecule has 3 N–H and O–H groups in total. The van der Waals surface area contributed by atoms with Crippen LogP contribution < -0.4 is 5.32 Å². The Labute approximate surface area is 145 Å². The molecule has 0 saturated carbocycles. The van der Waals surface area contributed by atoms with E-state index in [0.717, 1.165) is 22.2 Å². The summed E-state index contributed by atoms with van der Waals surface area (Å²) in [6, 6.07) is 12.0. The number of halogens is 1. The molecule has 4 nitrogen and oxygen atoms in total. The average Bonchev–Trinajstić information content (AvgIpc) is 2.98. The van der Waals surface area contributed by atoms with Gasteiger partial charge in [-0.3, -0.25) is 4.79 Å². The first-order valence-corrected chi connectivity index (χ1v) is 8.27. The molecule has 25 heavy (non-hydrogen) atoms. The number of carbonyl (C=O) groups is 1. The van der Waals surface area contributed by atoms with Crippen molar-refractivity contribution in [2.24, 2.45) is 0 Å². The predicted molar refractivity (Wildman–Crippen MR) is 95.9 cm³/mol. The lowest BCUT2D eigenvalue weighted by Gasteiger charge is -2.17. The van der Waals surface area contributed by atoms with Gasteiger partial charge in [0.2, 0.25) is 5.91 Å². The normalized spacial score (nSPS) is 12.3. The molecule has 1 amide bonds. The molecule has 0 saturated heterocycles. The second-order valence-corrected chi connectivity index (χ2v) is 6.26. The number of nitrogens with one attached hydrogen (secondary N) is 2. The van der Waals surface area contributed by atoms with Crippen LogP contribution in [0.15, 0.2) is 48.7 Å². The quantitative estimate of drug-likeness (QED) is 0.646. The number of carbonyl (C=O) groups excluding carboxylic acids is 1. The topological polar surface area (TPSA) is 65.1 Å². The first-order valence-electron chi connectivity index (χ1n) is 8.27. The fourth-order valence-corrected chi connectivity index (χ4v) is 3.01. The van der Waals surface area contributed by atoms with Crippen molar-refractivity contribution in [3.05, 3.63) is 71.2 Å². The van der Waals surface area contributed by atoms with Crippen LogP contribution in [0.25, 0.3) is 10.9 Å². The molecule has 5 heteroatoms. The molecule has 1 aromatic heterocycles. The standard InChI is InChI=1S/C20H21FN2O2/c1-13-4-2-3-5-14(13)8-17(12-24)23-20(25)9-15-11-22-19-7-6-16(21)10-18(15)19/h2-7,10-11,17,22,24H,8-9,12H2,1H3,(H,23,25)/t17-/m0/s1. The Bertz CT molecular complexity index is 888. The summed E-state index contributed by atoms with van der Waals surface area (Å²) in [6.07, 6.45) is 2.42. The molecular formula is C20H21FN2O2. The Hall–Kier alpha value is -2.66. The highest BCUT2D eigenvalue weighted by Crippen LogP contribution is 2.20. The fourth-order valence-electron chi connectivity index (χ4n) is 3.01. The zero-order chi connectivity index (χ0) is 17.8. The third kappa shape index (κ3) is 4.06. The Kier molecular flexibility index (Phi) is 5.14. The fraction of sp³-hybridized carbons (Fsp3) is 0.250. The Morgan fingerprint density at radius 1 is 1.24 bits per heavy atom. The number of aliphatic hydroxyl groups excluding tert-OH is 1. The van der Waals surface area contributed by atoms with Gasteiger partial charge >= 0.3 is 0 Å². The second kappa shape index (κ2) is 7.49. The SMILES string of the molecule is Cc1ccccc1C[C@@H](CO)NC(=O)Cc1c[nH]c2ccc(F)cc12. The van der Waals surface area contributed by atoms with E-state index in [4.69, 9.17) is 0 Å². The van der Waals surface area contributed by atoms with Crippen LogP contribution in [0.4, 0.5) is 4.39 Å². The van der Waals surface area contributed by atoms with E-state index in [1.165, 1.54) is 12.1 Å². The maximum Gasteiger partial charge on any atom is 0.224 e. The molecule has 0 spiro atoms. The van der Waals surface area contributed by atoms with Gasteiger partial charge in [0, 0.05) is 17.1 Å². The van der Waals surface area contributed by atoms with Crippen molar-refractivity contribution in [1.29, 1.82) is 0 Å². The molecule has 3 aromatic rings. The monoisotopic (exact) mass is 340 g/mol. The summed E-state index contributed by atoms with van der Waals surface area (Å²) in [5, 5.41) is 13.2. The maximum atomic E-state index is 13.4. The molecule has 0 aliphatic rings. The molecule has 0 radical (unpaired) electrons. The number of aromatic nitrogens is 1. The molecule has 130 valence electrons. The van der Waals surface area contributed by atoms with Crippen molar-refractivity contribution in [1.82, 2.24) is 10.3 Å². The number of aryl methyl sites for hydroxylation is 1. The highest BCUT2D eigenvalue weighted by Gasteiger charge is 2.15. The number of H-pyrrole nitrogens is 1. The Balaban J connectivity index is 1.68. The van der Waals surface area contributed by atoms with E-state index in [2.05, 4.69) is 10.3 Å². The molecule has 3 rings (SSSR count). The molecule has 1 heterocycles. The smallest absolute Gasteiger partial charge is 0.224 e. The Morgan fingerprint density at radius 2 is 2.04 bits per heavy atom. The van der Waals surface area contributed by atoms with Crippen LogP contribution in [0.5, 0.6) is 0 Å². The van der Waals surface area contributed by atoms with Gasteiger partial charge in [0.15, 0.2) is 0 Å². The lowest BCUT2D eigenvalue weighted by molar-refractivity contribution is -0.121. The first kappa shape index (κ1) is 17.2. The van der Waals surface area contributed by atoms with Crippen molar-refractivity contribution in [2.75, 3.05) is 6.61 Å². The third-order valence-electron chi connectivity index (χ3n) is 4.39. The number of rotatable bonds is 6. The van der Waals surface area contributed by atoms with Crippen molar-refractivity contribution >= 4 is 16.8 Å². The lowest BCUT2D eigenvalue weighted by atomic mass is 10.0. The van der Waals surface area contributed by atoms with Gasteiger partial charge in [0.25, 0.3) is 0 Å². The van der Waals surface area contributed by atoms with E-state index in [0.29, 0.717) is 11.8 Å². The number of hydrogen-bond acceptors (Lipinski definition) is 2.